The smallest absolute Gasteiger partial charge is 0.142 e. The van der Waals surface area contributed by atoms with E-state index in [0.29, 0.717) is 5.82 Å². The second kappa shape index (κ2) is 6.21. The van der Waals surface area contributed by atoms with Crippen LogP contribution in [-0.2, 0) is 0 Å². The summed E-state index contributed by atoms with van der Waals surface area (Å²) < 4.78 is 0. The van der Waals surface area contributed by atoms with E-state index in [-0.39, 0.29) is 12.6 Å². The highest BCUT2D eigenvalue weighted by Gasteiger charge is 2.02. The number of hydrazine groups is 1. The molecule has 0 saturated carbocycles. The summed E-state index contributed by atoms with van der Waals surface area (Å²) in [7, 11) is 0. The fraction of sp³-hybridized carbons (Fsp3) is 0.500. The Morgan fingerprint density at radius 2 is 2.20 bits per heavy atom. The molecule has 1 atom stereocenters. The first-order valence-corrected chi connectivity index (χ1v) is 5.07. The molecule has 84 valence electrons. The molecule has 0 amide bonds. The molecule has 0 radical (unpaired) electrons. The molecule has 0 aliphatic heterocycles. The number of pyridine rings is 1. The minimum atomic E-state index is 0.226. The van der Waals surface area contributed by atoms with Crippen molar-refractivity contribution in [3.8, 4) is 0 Å². The third-order valence-corrected chi connectivity index (χ3v) is 2.09. The lowest BCUT2D eigenvalue weighted by Crippen LogP contribution is -2.17. The minimum absolute atomic E-state index is 0.226. The molecule has 5 N–H and O–H groups in total. The van der Waals surface area contributed by atoms with Crippen LogP contribution in [0.2, 0.25) is 0 Å². The van der Waals surface area contributed by atoms with Gasteiger partial charge in [0.2, 0.25) is 0 Å². The average molecular weight is 210 g/mol. The first-order valence-electron chi connectivity index (χ1n) is 5.07. The third kappa shape index (κ3) is 4.14. The molecule has 1 unspecified atom stereocenters. The summed E-state index contributed by atoms with van der Waals surface area (Å²) in [5, 5.41) is 11.9. The van der Waals surface area contributed by atoms with E-state index in [1.807, 2.05) is 12.1 Å². The second-order valence-corrected chi connectivity index (χ2v) is 3.46. The van der Waals surface area contributed by atoms with Crippen LogP contribution in [0.15, 0.2) is 18.2 Å². The molecule has 0 fully saturated rings. The first kappa shape index (κ1) is 11.7. The zero-order valence-electron chi connectivity index (χ0n) is 8.90. The van der Waals surface area contributed by atoms with E-state index in [0.717, 1.165) is 18.7 Å². The molecular weight excluding hydrogens is 192 g/mol. The predicted molar refractivity (Wildman–Crippen MR) is 61.5 cm³/mol. The molecule has 1 aromatic rings. The van der Waals surface area contributed by atoms with E-state index < -0.39 is 0 Å². The van der Waals surface area contributed by atoms with Crippen LogP contribution in [0.3, 0.4) is 0 Å². The van der Waals surface area contributed by atoms with Gasteiger partial charge in [0, 0.05) is 12.6 Å². The van der Waals surface area contributed by atoms with Gasteiger partial charge in [-0.05, 0) is 31.9 Å². The number of aromatic nitrogens is 1. The molecular formula is C10H18N4O. The van der Waals surface area contributed by atoms with Gasteiger partial charge in [0.25, 0.3) is 0 Å². The van der Waals surface area contributed by atoms with E-state index in [4.69, 9.17) is 10.9 Å². The van der Waals surface area contributed by atoms with Crippen molar-refractivity contribution in [3.63, 3.8) is 0 Å². The van der Waals surface area contributed by atoms with Gasteiger partial charge in [0.05, 0.1) is 0 Å². The number of aliphatic hydroxyl groups is 1. The largest absolute Gasteiger partial charge is 0.396 e. The summed E-state index contributed by atoms with van der Waals surface area (Å²) in [5.41, 5.74) is 2.49. The van der Waals surface area contributed by atoms with E-state index in [9.17, 15) is 0 Å². The Labute approximate surface area is 89.7 Å². The molecule has 15 heavy (non-hydrogen) atoms. The Hall–Kier alpha value is -1.33. The van der Waals surface area contributed by atoms with Crippen LogP contribution in [0.5, 0.6) is 0 Å². The van der Waals surface area contributed by atoms with Crippen LogP contribution in [0, 0.1) is 0 Å². The Kier molecular flexibility index (Phi) is 4.86. The molecule has 1 rings (SSSR count). The maximum Gasteiger partial charge on any atom is 0.142 e. The van der Waals surface area contributed by atoms with Crippen LogP contribution < -0.4 is 16.6 Å². The summed E-state index contributed by atoms with van der Waals surface area (Å²) in [6, 6.07) is 5.85. The van der Waals surface area contributed by atoms with Crippen molar-refractivity contribution in [1.29, 1.82) is 0 Å². The van der Waals surface area contributed by atoms with Gasteiger partial charge in [-0.2, -0.15) is 0 Å². The number of hydrogen-bond acceptors (Lipinski definition) is 5. The van der Waals surface area contributed by atoms with Crippen molar-refractivity contribution in [1.82, 2.24) is 4.98 Å². The Morgan fingerprint density at radius 3 is 2.87 bits per heavy atom. The number of nitrogens with zero attached hydrogens (tertiary/aromatic N) is 1. The maximum atomic E-state index is 8.69. The highest BCUT2D eigenvalue weighted by atomic mass is 16.2. The van der Waals surface area contributed by atoms with E-state index in [1.165, 1.54) is 0 Å². The quantitative estimate of drug-likeness (QED) is 0.415. The number of anilines is 2. The monoisotopic (exact) mass is 210 g/mol. The number of nitrogens with two attached hydrogens (primary N) is 1. The third-order valence-electron chi connectivity index (χ3n) is 2.09. The van der Waals surface area contributed by atoms with Crippen molar-refractivity contribution >= 4 is 11.6 Å². The van der Waals surface area contributed by atoms with Gasteiger partial charge < -0.3 is 15.8 Å². The van der Waals surface area contributed by atoms with Gasteiger partial charge in [0.1, 0.15) is 11.6 Å². The number of hydrogen-bond donors (Lipinski definition) is 4. The fourth-order valence-electron chi connectivity index (χ4n) is 1.32. The highest BCUT2D eigenvalue weighted by molar-refractivity contribution is 5.44. The summed E-state index contributed by atoms with van der Waals surface area (Å²) >= 11 is 0. The average Bonchev–Trinajstić information content (AvgIpc) is 2.26. The molecule has 0 saturated heterocycles. The number of nitrogen functional groups attached to an aromatic ring is 1. The molecule has 0 aliphatic carbocycles. The van der Waals surface area contributed by atoms with Crippen LogP contribution in [0.4, 0.5) is 11.6 Å². The van der Waals surface area contributed by atoms with Crippen molar-refractivity contribution in [2.24, 2.45) is 5.84 Å². The molecule has 5 nitrogen and oxygen atoms in total. The van der Waals surface area contributed by atoms with E-state index in [2.05, 4.69) is 22.7 Å². The lowest BCUT2D eigenvalue weighted by Gasteiger charge is -2.14. The summed E-state index contributed by atoms with van der Waals surface area (Å²) in [6.07, 6.45) is 1.71. The van der Waals surface area contributed by atoms with Gasteiger partial charge in [-0.25, -0.2) is 10.8 Å². The van der Waals surface area contributed by atoms with Crippen molar-refractivity contribution < 1.29 is 5.11 Å². The standard InChI is InChI=1S/C10H18N4O/c1-8(4-3-7-15)12-9-5-2-6-10(13-9)14-11/h2,5-6,8,15H,3-4,7,11H2,1H3,(H2,12,13,14). The summed E-state index contributed by atoms with van der Waals surface area (Å²) in [4.78, 5) is 4.23. The van der Waals surface area contributed by atoms with Crippen LogP contribution in [0.25, 0.3) is 0 Å². The van der Waals surface area contributed by atoms with Gasteiger partial charge >= 0.3 is 0 Å². The van der Waals surface area contributed by atoms with Gasteiger partial charge in [-0.3, -0.25) is 0 Å². The van der Waals surface area contributed by atoms with E-state index in [1.54, 1.807) is 6.07 Å². The topological polar surface area (TPSA) is 83.2 Å². The van der Waals surface area contributed by atoms with Crippen molar-refractivity contribution in [2.45, 2.75) is 25.8 Å². The maximum absolute atomic E-state index is 8.69. The molecule has 1 heterocycles. The molecule has 0 spiro atoms. The molecule has 0 bridgehead atoms. The highest BCUT2D eigenvalue weighted by Crippen LogP contribution is 2.10. The van der Waals surface area contributed by atoms with E-state index >= 15 is 0 Å². The fourth-order valence-corrected chi connectivity index (χ4v) is 1.32. The normalized spacial score (nSPS) is 12.2. The lowest BCUT2D eigenvalue weighted by atomic mass is 10.2. The number of rotatable bonds is 6. The molecule has 1 aromatic heterocycles. The summed E-state index contributed by atoms with van der Waals surface area (Å²) in [6.45, 7) is 2.28. The number of aliphatic hydroxyl groups excluding tert-OH is 1. The Bertz CT molecular complexity index is 293. The van der Waals surface area contributed by atoms with Crippen molar-refractivity contribution in [2.75, 3.05) is 17.3 Å². The van der Waals surface area contributed by atoms with Gasteiger partial charge in [-0.1, -0.05) is 6.07 Å². The molecule has 0 aromatic carbocycles. The summed E-state index contributed by atoms with van der Waals surface area (Å²) in [5.74, 6) is 6.68. The van der Waals surface area contributed by atoms with Crippen LogP contribution >= 0.6 is 0 Å². The number of nitrogens with one attached hydrogen (secondary N) is 2. The first-order chi connectivity index (χ1) is 7.26. The zero-order valence-corrected chi connectivity index (χ0v) is 8.90. The molecule has 5 heteroatoms. The van der Waals surface area contributed by atoms with Gasteiger partial charge in [0.15, 0.2) is 0 Å². The van der Waals surface area contributed by atoms with Crippen LogP contribution in [0.1, 0.15) is 19.8 Å². The predicted octanol–water partition coefficient (Wildman–Crippen LogP) is 0.940. The minimum Gasteiger partial charge on any atom is -0.396 e. The second-order valence-electron chi connectivity index (χ2n) is 3.46. The Balaban J connectivity index is 2.48. The molecule has 0 aliphatic rings. The zero-order chi connectivity index (χ0) is 11.1. The van der Waals surface area contributed by atoms with Crippen LogP contribution in [-0.4, -0.2) is 22.7 Å². The Morgan fingerprint density at radius 1 is 1.47 bits per heavy atom. The SMILES string of the molecule is CC(CCCO)Nc1cccc(NN)n1. The van der Waals surface area contributed by atoms with Crippen molar-refractivity contribution in [3.05, 3.63) is 18.2 Å². The van der Waals surface area contributed by atoms with Gasteiger partial charge in [-0.15, -0.1) is 0 Å². The lowest BCUT2D eigenvalue weighted by molar-refractivity contribution is 0.282.